The Morgan fingerprint density at radius 2 is 2.00 bits per heavy atom. The van der Waals surface area contributed by atoms with Crippen LogP contribution in [0.2, 0.25) is 0 Å². The molecule has 2 rings (SSSR count). The maximum Gasteiger partial charge on any atom is 0.221 e. The molecule has 1 unspecified atom stereocenters. The second-order valence-electron chi connectivity index (χ2n) is 6.47. The van der Waals surface area contributed by atoms with Crippen molar-refractivity contribution in [3.63, 3.8) is 0 Å². The van der Waals surface area contributed by atoms with E-state index in [9.17, 15) is 4.79 Å². The molecule has 0 aromatic heterocycles. The summed E-state index contributed by atoms with van der Waals surface area (Å²) in [6.45, 7) is 5.08. The van der Waals surface area contributed by atoms with E-state index in [4.69, 9.17) is 0 Å². The summed E-state index contributed by atoms with van der Waals surface area (Å²) >= 11 is 0. The van der Waals surface area contributed by atoms with Gasteiger partial charge in [0.2, 0.25) is 5.91 Å². The van der Waals surface area contributed by atoms with E-state index in [1.54, 1.807) is 0 Å². The van der Waals surface area contributed by atoms with Gasteiger partial charge >= 0.3 is 0 Å². The van der Waals surface area contributed by atoms with Gasteiger partial charge < -0.3 is 15.5 Å². The largest absolute Gasteiger partial charge is 0.356 e. The van der Waals surface area contributed by atoms with E-state index in [1.807, 2.05) is 7.05 Å². The summed E-state index contributed by atoms with van der Waals surface area (Å²) in [4.78, 5) is 18.5. The van der Waals surface area contributed by atoms with Gasteiger partial charge in [0.1, 0.15) is 0 Å². The number of likely N-dealkylation sites (tertiary alicyclic amines) is 1. The molecule has 0 spiro atoms. The van der Waals surface area contributed by atoms with Gasteiger partial charge in [-0.3, -0.25) is 9.79 Å². The Kier molecular flexibility index (Phi) is 6.33. The summed E-state index contributed by atoms with van der Waals surface area (Å²) in [6, 6.07) is 0.416. The van der Waals surface area contributed by atoms with Gasteiger partial charge in [0, 0.05) is 39.1 Å². The summed E-state index contributed by atoms with van der Waals surface area (Å²) < 4.78 is 0. The lowest BCUT2D eigenvalue weighted by Crippen LogP contribution is -2.47. The minimum absolute atomic E-state index is 0.164. The highest BCUT2D eigenvalue weighted by Crippen LogP contribution is 2.17. The zero-order chi connectivity index (χ0) is 15.1. The third kappa shape index (κ3) is 5.21. The van der Waals surface area contributed by atoms with Crippen molar-refractivity contribution in [3.05, 3.63) is 0 Å². The quantitative estimate of drug-likeness (QED) is 0.613. The number of carbonyl (C=O) groups is 1. The molecule has 1 atom stereocenters. The molecule has 1 saturated carbocycles. The maximum atomic E-state index is 11.9. The van der Waals surface area contributed by atoms with E-state index in [-0.39, 0.29) is 5.91 Å². The fraction of sp³-hybridized carbons (Fsp3) is 0.875. The molecule has 1 heterocycles. The minimum atomic E-state index is 0.164. The number of hydrogen-bond donors (Lipinski definition) is 2. The zero-order valence-electron chi connectivity index (χ0n) is 13.5. The highest BCUT2D eigenvalue weighted by molar-refractivity contribution is 5.81. The molecule has 21 heavy (non-hydrogen) atoms. The fourth-order valence-electron chi connectivity index (χ4n) is 3.37. The van der Waals surface area contributed by atoms with Crippen molar-refractivity contribution >= 4 is 11.9 Å². The molecular formula is C16H30N4O. The first-order valence-electron chi connectivity index (χ1n) is 8.44. The van der Waals surface area contributed by atoms with Crippen LogP contribution >= 0.6 is 0 Å². The second-order valence-corrected chi connectivity index (χ2v) is 6.47. The summed E-state index contributed by atoms with van der Waals surface area (Å²) in [7, 11) is 1.82. The Balaban J connectivity index is 1.67. The number of guanidine groups is 1. The molecule has 1 aliphatic carbocycles. The number of amides is 1. The lowest BCUT2D eigenvalue weighted by molar-refractivity contribution is -0.121. The van der Waals surface area contributed by atoms with Crippen LogP contribution in [0, 0.1) is 5.92 Å². The van der Waals surface area contributed by atoms with Gasteiger partial charge in [-0.25, -0.2) is 0 Å². The smallest absolute Gasteiger partial charge is 0.221 e. The number of aliphatic imine (C=N–C) groups is 1. The van der Waals surface area contributed by atoms with Crippen molar-refractivity contribution < 1.29 is 4.79 Å². The van der Waals surface area contributed by atoms with E-state index in [0.29, 0.717) is 19.0 Å². The molecule has 0 radical (unpaired) electrons. The predicted molar refractivity (Wildman–Crippen MR) is 86.3 cm³/mol. The Hall–Kier alpha value is -1.26. The number of piperidine rings is 1. The molecule has 120 valence electrons. The molecule has 5 nitrogen and oxygen atoms in total. The molecule has 1 aliphatic heterocycles. The highest BCUT2D eigenvalue weighted by atomic mass is 16.1. The number of rotatable bonds is 4. The average molecular weight is 294 g/mol. The van der Waals surface area contributed by atoms with Crippen molar-refractivity contribution in [1.82, 2.24) is 15.5 Å². The first-order chi connectivity index (χ1) is 10.2. The van der Waals surface area contributed by atoms with E-state index in [1.165, 1.54) is 25.7 Å². The summed E-state index contributed by atoms with van der Waals surface area (Å²) in [5, 5.41) is 6.46. The molecule has 0 aromatic rings. The third-order valence-electron chi connectivity index (χ3n) is 4.52. The van der Waals surface area contributed by atoms with Crippen molar-refractivity contribution in [2.45, 2.75) is 57.9 Å². The van der Waals surface area contributed by atoms with Gasteiger partial charge in [-0.1, -0.05) is 19.8 Å². The second kappa shape index (κ2) is 8.25. The molecule has 2 fully saturated rings. The van der Waals surface area contributed by atoms with Crippen LogP contribution in [0.15, 0.2) is 4.99 Å². The molecule has 0 bridgehead atoms. The van der Waals surface area contributed by atoms with Crippen LogP contribution in [-0.4, -0.2) is 49.5 Å². The van der Waals surface area contributed by atoms with Crippen molar-refractivity contribution in [2.75, 3.05) is 26.7 Å². The number of hydrogen-bond acceptors (Lipinski definition) is 2. The third-order valence-corrected chi connectivity index (χ3v) is 4.52. The first-order valence-corrected chi connectivity index (χ1v) is 8.44. The number of carbonyl (C=O) groups excluding carboxylic acids is 1. The average Bonchev–Trinajstić information content (AvgIpc) is 2.96. The van der Waals surface area contributed by atoms with Gasteiger partial charge in [0.25, 0.3) is 0 Å². The Bertz CT molecular complexity index is 363. The Morgan fingerprint density at radius 3 is 2.67 bits per heavy atom. The van der Waals surface area contributed by atoms with Gasteiger partial charge in [0.15, 0.2) is 5.96 Å². The SMILES string of the molecule is CN=C(NCCC(=O)NC1CCCC1)N1CCCC(C)C1. The van der Waals surface area contributed by atoms with Crippen LogP contribution in [0.25, 0.3) is 0 Å². The molecule has 2 aliphatic rings. The van der Waals surface area contributed by atoms with Gasteiger partial charge in [-0.05, 0) is 31.6 Å². The number of nitrogens with one attached hydrogen (secondary N) is 2. The van der Waals surface area contributed by atoms with Crippen LogP contribution in [0.5, 0.6) is 0 Å². The van der Waals surface area contributed by atoms with E-state index in [0.717, 1.165) is 37.8 Å². The summed E-state index contributed by atoms with van der Waals surface area (Å²) in [5.41, 5.74) is 0. The molecular weight excluding hydrogens is 264 g/mol. The molecule has 2 N–H and O–H groups in total. The van der Waals surface area contributed by atoms with Crippen molar-refractivity contribution in [2.24, 2.45) is 10.9 Å². The predicted octanol–water partition coefficient (Wildman–Crippen LogP) is 1.74. The lowest BCUT2D eigenvalue weighted by Gasteiger charge is -2.33. The van der Waals surface area contributed by atoms with Crippen LogP contribution in [0.1, 0.15) is 51.9 Å². The van der Waals surface area contributed by atoms with Crippen LogP contribution in [0.3, 0.4) is 0 Å². The van der Waals surface area contributed by atoms with Crippen LogP contribution in [0.4, 0.5) is 0 Å². The zero-order valence-corrected chi connectivity index (χ0v) is 13.5. The first kappa shape index (κ1) is 16.1. The monoisotopic (exact) mass is 294 g/mol. The minimum Gasteiger partial charge on any atom is -0.356 e. The fourth-order valence-corrected chi connectivity index (χ4v) is 3.37. The summed E-state index contributed by atoms with van der Waals surface area (Å²) in [5.74, 6) is 1.83. The van der Waals surface area contributed by atoms with Crippen molar-refractivity contribution in [1.29, 1.82) is 0 Å². The molecule has 1 saturated heterocycles. The Labute approximate surface area is 128 Å². The Morgan fingerprint density at radius 1 is 1.24 bits per heavy atom. The van der Waals surface area contributed by atoms with Crippen LogP contribution < -0.4 is 10.6 Å². The summed E-state index contributed by atoms with van der Waals surface area (Å²) in [6.07, 6.45) is 7.85. The van der Waals surface area contributed by atoms with Crippen LogP contribution in [-0.2, 0) is 4.79 Å². The molecule has 1 amide bonds. The molecule has 5 heteroatoms. The van der Waals surface area contributed by atoms with E-state index < -0.39 is 0 Å². The normalized spacial score (nSPS) is 24.2. The van der Waals surface area contributed by atoms with Crippen molar-refractivity contribution in [3.8, 4) is 0 Å². The standard InChI is InChI=1S/C16H30N4O/c1-13-6-5-11-20(12-13)16(17-2)18-10-9-15(21)19-14-7-3-4-8-14/h13-14H,3-12H2,1-2H3,(H,17,18)(H,19,21). The highest BCUT2D eigenvalue weighted by Gasteiger charge is 2.20. The number of nitrogens with zero attached hydrogens (tertiary/aromatic N) is 2. The maximum absolute atomic E-state index is 11.9. The topological polar surface area (TPSA) is 56.7 Å². The molecule has 0 aromatic carbocycles. The lowest BCUT2D eigenvalue weighted by atomic mass is 10.0. The van der Waals surface area contributed by atoms with E-state index >= 15 is 0 Å². The van der Waals surface area contributed by atoms with E-state index in [2.05, 4.69) is 27.4 Å². The van der Waals surface area contributed by atoms with Gasteiger partial charge in [0.05, 0.1) is 0 Å². The van der Waals surface area contributed by atoms with Gasteiger partial charge in [-0.2, -0.15) is 0 Å². The van der Waals surface area contributed by atoms with Gasteiger partial charge in [-0.15, -0.1) is 0 Å².